The largest absolute Gasteiger partial charge is 0.289 e. The van der Waals surface area contributed by atoms with Gasteiger partial charge in [-0.2, -0.15) is 0 Å². The highest BCUT2D eigenvalue weighted by atomic mass is 32.2. The van der Waals surface area contributed by atoms with Gasteiger partial charge in [0.25, 0.3) is 5.69 Å². The number of hydrogen-bond acceptors (Lipinski definition) is 4. The lowest BCUT2D eigenvalue weighted by Crippen LogP contribution is -2.01. The molecular weight excluding hydrogens is 278 g/mol. The number of nitro groups is 1. The molecule has 6 heteroatoms. The summed E-state index contributed by atoms with van der Waals surface area (Å²) in [5.41, 5.74) is 1.89. The molecule has 1 aliphatic carbocycles. The maximum atomic E-state index is 12.2. The first kappa shape index (κ1) is 12.7. The average Bonchev–Trinajstić information content (AvgIpc) is 2.71. The Bertz CT molecular complexity index is 798. The van der Waals surface area contributed by atoms with Crippen molar-refractivity contribution in [2.45, 2.75) is 4.90 Å². The van der Waals surface area contributed by atoms with Crippen LogP contribution in [0.5, 0.6) is 0 Å². The van der Waals surface area contributed by atoms with E-state index in [1.54, 1.807) is 24.3 Å². The van der Waals surface area contributed by atoms with Crippen molar-refractivity contribution in [2.24, 2.45) is 0 Å². The predicted molar refractivity (Wildman–Crippen MR) is 74.3 cm³/mol. The number of benzene rings is 2. The summed E-state index contributed by atoms with van der Waals surface area (Å²) in [5.74, 6) is -0.230. The molecule has 5 nitrogen and oxygen atoms in total. The molecule has 0 saturated carbocycles. The van der Waals surface area contributed by atoms with Crippen molar-refractivity contribution in [3.05, 3.63) is 57.6 Å². The smallest absolute Gasteiger partial charge is 0.286 e. The van der Waals surface area contributed by atoms with Crippen LogP contribution in [-0.4, -0.2) is 21.2 Å². The number of ketones is 1. The van der Waals surface area contributed by atoms with Gasteiger partial charge < -0.3 is 0 Å². The van der Waals surface area contributed by atoms with Gasteiger partial charge in [0.1, 0.15) is 4.90 Å². The maximum absolute atomic E-state index is 12.2. The van der Waals surface area contributed by atoms with Crippen LogP contribution in [0.15, 0.2) is 41.3 Å². The average molecular weight is 287 g/mol. The number of rotatable bonds is 2. The van der Waals surface area contributed by atoms with Crippen molar-refractivity contribution in [1.82, 2.24) is 0 Å². The predicted octanol–water partition coefficient (Wildman–Crippen LogP) is 2.54. The molecule has 1 aliphatic rings. The summed E-state index contributed by atoms with van der Waals surface area (Å²) >= 11 is 0. The molecule has 0 radical (unpaired) electrons. The summed E-state index contributed by atoms with van der Waals surface area (Å²) in [6, 6.07) is 9.74. The summed E-state index contributed by atoms with van der Waals surface area (Å²) < 4.78 is 11.7. The fraction of sp³-hybridized carbons (Fsp3) is 0.0714. The SMILES string of the molecule is C[S@](=O)c1cc2c(cc1[N+](=O)[O-])C(=O)c1ccccc1-2. The topological polar surface area (TPSA) is 77.3 Å². The van der Waals surface area contributed by atoms with Gasteiger partial charge >= 0.3 is 0 Å². The minimum Gasteiger partial charge on any atom is -0.289 e. The Hall–Kier alpha value is -2.34. The van der Waals surface area contributed by atoms with Crippen molar-refractivity contribution in [1.29, 1.82) is 0 Å². The summed E-state index contributed by atoms with van der Waals surface area (Å²) in [7, 11) is -1.49. The summed E-state index contributed by atoms with van der Waals surface area (Å²) in [4.78, 5) is 22.8. The van der Waals surface area contributed by atoms with Crippen LogP contribution in [0, 0.1) is 10.1 Å². The van der Waals surface area contributed by atoms with Gasteiger partial charge in [0.05, 0.1) is 15.7 Å². The molecule has 20 heavy (non-hydrogen) atoms. The Morgan fingerprint density at radius 1 is 1.05 bits per heavy atom. The van der Waals surface area contributed by atoms with Gasteiger partial charge in [-0.25, -0.2) is 0 Å². The van der Waals surface area contributed by atoms with Crippen molar-refractivity contribution >= 4 is 22.3 Å². The Kier molecular flexibility index (Phi) is 2.76. The van der Waals surface area contributed by atoms with Crippen LogP contribution in [0.1, 0.15) is 15.9 Å². The van der Waals surface area contributed by atoms with Gasteiger partial charge in [0.2, 0.25) is 0 Å². The lowest BCUT2D eigenvalue weighted by atomic mass is 10.1. The molecule has 0 aliphatic heterocycles. The van der Waals surface area contributed by atoms with Gasteiger partial charge in [0, 0.05) is 23.4 Å². The fourth-order valence-corrected chi connectivity index (χ4v) is 3.12. The number of nitro benzene ring substituents is 1. The molecule has 0 N–H and O–H groups in total. The van der Waals surface area contributed by atoms with E-state index in [1.165, 1.54) is 18.4 Å². The molecule has 2 aromatic rings. The number of nitrogens with zero attached hydrogens (tertiary/aromatic N) is 1. The van der Waals surface area contributed by atoms with Gasteiger partial charge in [-0.05, 0) is 17.2 Å². The summed E-state index contributed by atoms with van der Waals surface area (Å²) in [5, 5.41) is 11.1. The van der Waals surface area contributed by atoms with Crippen LogP contribution in [0.2, 0.25) is 0 Å². The highest BCUT2D eigenvalue weighted by Gasteiger charge is 2.31. The molecule has 0 spiro atoms. The van der Waals surface area contributed by atoms with Crippen LogP contribution in [0.4, 0.5) is 5.69 Å². The zero-order valence-electron chi connectivity index (χ0n) is 10.5. The zero-order chi connectivity index (χ0) is 14.4. The molecule has 0 amide bonds. The third-order valence-electron chi connectivity index (χ3n) is 3.31. The Labute approximate surface area is 116 Å². The lowest BCUT2D eigenvalue weighted by Gasteiger charge is -2.04. The van der Waals surface area contributed by atoms with Crippen LogP contribution < -0.4 is 0 Å². The van der Waals surface area contributed by atoms with E-state index in [1.807, 2.05) is 0 Å². The maximum Gasteiger partial charge on any atom is 0.286 e. The third-order valence-corrected chi connectivity index (χ3v) is 4.26. The number of fused-ring (bicyclic) bond motifs is 3. The van der Waals surface area contributed by atoms with E-state index in [2.05, 4.69) is 0 Å². The molecule has 0 aromatic heterocycles. The first-order valence-corrected chi connectivity index (χ1v) is 7.36. The normalized spacial score (nSPS) is 13.8. The minimum atomic E-state index is -1.49. The van der Waals surface area contributed by atoms with E-state index >= 15 is 0 Å². The Balaban J connectivity index is 2.36. The van der Waals surface area contributed by atoms with Crippen LogP contribution >= 0.6 is 0 Å². The first-order valence-electron chi connectivity index (χ1n) is 5.80. The van der Waals surface area contributed by atoms with E-state index in [9.17, 15) is 19.1 Å². The highest BCUT2D eigenvalue weighted by molar-refractivity contribution is 7.84. The van der Waals surface area contributed by atoms with E-state index in [4.69, 9.17) is 0 Å². The Morgan fingerprint density at radius 3 is 2.30 bits per heavy atom. The highest BCUT2D eigenvalue weighted by Crippen LogP contribution is 2.40. The van der Waals surface area contributed by atoms with Crippen molar-refractivity contribution in [3.63, 3.8) is 0 Å². The van der Waals surface area contributed by atoms with Crippen molar-refractivity contribution in [2.75, 3.05) is 6.26 Å². The quantitative estimate of drug-likeness (QED) is 0.536. The van der Waals surface area contributed by atoms with Crippen LogP contribution in [0.3, 0.4) is 0 Å². The molecule has 0 unspecified atom stereocenters. The van der Waals surface area contributed by atoms with Crippen LogP contribution in [0.25, 0.3) is 11.1 Å². The van der Waals surface area contributed by atoms with Crippen molar-refractivity contribution in [3.8, 4) is 11.1 Å². The molecule has 0 fully saturated rings. The molecule has 0 heterocycles. The van der Waals surface area contributed by atoms with Gasteiger partial charge in [-0.1, -0.05) is 24.3 Å². The molecule has 0 saturated heterocycles. The molecule has 3 rings (SSSR count). The standard InChI is InChI=1S/C14H9NO4S/c1-20(19)13-7-10-8-4-2-3-5-9(8)14(16)11(10)6-12(13)15(17)18/h2-7H,1H3/t20-/m0/s1. The molecule has 100 valence electrons. The number of hydrogen-bond donors (Lipinski definition) is 0. The first-order chi connectivity index (χ1) is 9.50. The van der Waals surface area contributed by atoms with E-state index in [0.29, 0.717) is 16.7 Å². The zero-order valence-corrected chi connectivity index (χ0v) is 11.3. The summed E-state index contributed by atoms with van der Waals surface area (Å²) in [6.45, 7) is 0. The molecule has 1 atom stereocenters. The fourth-order valence-electron chi connectivity index (χ4n) is 2.41. The molecule has 2 aromatic carbocycles. The second-order valence-electron chi connectivity index (χ2n) is 4.45. The summed E-state index contributed by atoms with van der Waals surface area (Å²) in [6.07, 6.45) is 1.39. The van der Waals surface area contributed by atoms with Gasteiger partial charge in [-0.3, -0.25) is 19.1 Å². The van der Waals surface area contributed by atoms with E-state index in [0.717, 1.165) is 5.56 Å². The van der Waals surface area contributed by atoms with E-state index in [-0.39, 0.29) is 16.4 Å². The molecule has 0 bridgehead atoms. The van der Waals surface area contributed by atoms with Gasteiger partial charge in [-0.15, -0.1) is 0 Å². The lowest BCUT2D eigenvalue weighted by molar-refractivity contribution is -0.387. The second-order valence-corrected chi connectivity index (χ2v) is 5.80. The van der Waals surface area contributed by atoms with Crippen LogP contribution in [-0.2, 0) is 10.8 Å². The van der Waals surface area contributed by atoms with Gasteiger partial charge in [0.15, 0.2) is 5.78 Å². The van der Waals surface area contributed by atoms with E-state index < -0.39 is 15.7 Å². The Morgan fingerprint density at radius 2 is 1.70 bits per heavy atom. The molecular formula is C14H9NO4S. The van der Waals surface area contributed by atoms with Crippen molar-refractivity contribution < 1.29 is 13.9 Å². The monoisotopic (exact) mass is 287 g/mol. The third kappa shape index (κ3) is 1.69. The number of carbonyl (C=O) groups excluding carboxylic acids is 1. The minimum absolute atomic E-state index is 0.137. The number of carbonyl (C=O) groups is 1. The second kappa shape index (κ2) is 4.35.